The number of anilines is 1. The molecule has 0 saturated carbocycles. The number of nitrogens with one attached hydrogen (secondary N) is 1. The van der Waals surface area contributed by atoms with Gasteiger partial charge in [0.25, 0.3) is 0 Å². The third-order valence-electron chi connectivity index (χ3n) is 3.84. The van der Waals surface area contributed by atoms with Crippen molar-refractivity contribution in [3.8, 4) is 0 Å². The second-order valence-electron chi connectivity index (χ2n) is 5.37. The summed E-state index contributed by atoms with van der Waals surface area (Å²) < 4.78 is 5.20. The Labute approximate surface area is 110 Å². The molecule has 1 N–H and O–H groups in total. The maximum atomic E-state index is 5.20. The largest absolute Gasteiger partial charge is 0.380 e. The lowest BCUT2D eigenvalue weighted by Crippen LogP contribution is -2.58. The molecule has 1 fully saturated rings. The first-order chi connectivity index (χ1) is 8.67. The second-order valence-corrected chi connectivity index (χ2v) is 5.37. The van der Waals surface area contributed by atoms with Crippen LogP contribution in [0.2, 0.25) is 0 Å². The molecular weight excluding hydrogens is 224 g/mol. The topological polar surface area (TPSA) is 24.5 Å². The van der Waals surface area contributed by atoms with E-state index < -0.39 is 0 Å². The molecule has 1 aromatic rings. The summed E-state index contributed by atoms with van der Waals surface area (Å²) in [5.74, 6) is 0. The lowest BCUT2D eigenvalue weighted by Gasteiger charge is -2.42. The van der Waals surface area contributed by atoms with Gasteiger partial charge >= 0.3 is 0 Å². The molecule has 0 bridgehead atoms. The number of piperazine rings is 1. The van der Waals surface area contributed by atoms with Gasteiger partial charge < -0.3 is 15.0 Å². The molecule has 18 heavy (non-hydrogen) atoms. The standard InChI is InChI=1S/C15H24N2O/c1-4-15(2)12-17(9-8-16-15)14-7-5-6-13(10-14)11-18-3/h5-7,10,16H,4,8-9,11-12H2,1-3H3. The molecule has 2 rings (SSSR count). The first kappa shape index (κ1) is 13.4. The lowest BCUT2D eigenvalue weighted by molar-refractivity contribution is 0.185. The van der Waals surface area contributed by atoms with E-state index in [9.17, 15) is 0 Å². The summed E-state index contributed by atoms with van der Waals surface area (Å²) in [5, 5.41) is 3.62. The van der Waals surface area contributed by atoms with Gasteiger partial charge in [-0.15, -0.1) is 0 Å². The van der Waals surface area contributed by atoms with Gasteiger partial charge in [0.05, 0.1) is 6.61 Å². The van der Waals surface area contributed by atoms with Crippen molar-refractivity contribution in [3.05, 3.63) is 29.8 Å². The number of methoxy groups -OCH3 is 1. The fourth-order valence-electron chi connectivity index (χ4n) is 2.52. The molecule has 3 heteroatoms. The molecule has 100 valence electrons. The van der Waals surface area contributed by atoms with Crippen LogP contribution in [0.3, 0.4) is 0 Å². The van der Waals surface area contributed by atoms with Gasteiger partial charge in [-0.05, 0) is 31.0 Å². The number of ether oxygens (including phenoxy) is 1. The first-order valence-electron chi connectivity index (χ1n) is 6.75. The molecule has 1 aromatic carbocycles. The molecule has 1 saturated heterocycles. The zero-order chi connectivity index (χ0) is 13.0. The highest BCUT2D eigenvalue weighted by Crippen LogP contribution is 2.23. The summed E-state index contributed by atoms with van der Waals surface area (Å²) in [6.07, 6.45) is 1.15. The zero-order valence-electron chi connectivity index (χ0n) is 11.7. The Balaban J connectivity index is 2.13. The van der Waals surface area contributed by atoms with E-state index in [4.69, 9.17) is 4.74 Å². The molecule has 3 nitrogen and oxygen atoms in total. The van der Waals surface area contributed by atoms with Gasteiger partial charge in [0.1, 0.15) is 0 Å². The third-order valence-corrected chi connectivity index (χ3v) is 3.84. The van der Waals surface area contributed by atoms with E-state index in [2.05, 4.69) is 48.3 Å². The zero-order valence-corrected chi connectivity index (χ0v) is 11.7. The van der Waals surface area contributed by atoms with Crippen molar-refractivity contribution in [3.63, 3.8) is 0 Å². The third kappa shape index (κ3) is 3.03. The van der Waals surface area contributed by atoms with Crippen LogP contribution in [0.1, 0.15) is 25.8 Å². The number of rotatable bonds is 4. The normalized spacial score (nSPS) is 24.3. The Morgan fingerprint density at radius 1 is 1.44 bits per heavy atom. The van der Waals surface area contributed by atoms with Crippen LogP contribution in [-0.4, -0.2) is 32.3 Å². The quantitative estimate of drug-likeness (QED) is 0.885. The van der Waals surface area contributed by atoms with Crippen LogP contribution >= 0.6 is 0 Å². The molecule has 1 aliphatic rings. The van der Waals surface area contributed by atoms with Crippen molar-refractivity contribution in [2.24, 2.45) is 0 Å². The van der Waals surface area contributed by atoms with Gasteiger partial charge in [0.15, 0.2) is 0 Å². The van der Waals surface area contributed by atoms with Gasteiger partial charge in [0.2, 0.25) is 0 Å². The Hall–Kier alpha value is -1.06. The average Bonchev–Trinajstić information content (AvgIpc) is 2.40. The van der Waals surface area contributed by atoms with Gasteiger partial charge in [-0.1, -0.05) is 19.1 Å². The van der Waals surface area contributed by atoms with Crippen molar-refractivity contribution in [2.75, 3.05) is 31.6 Å². The van der Waals surface area contributed by atoms with Gasteiger partial charge in [-0.3, -0.25) is 0 Å². The minimum atomic E-state index is 0.232. The van der Waals surface area contributed by atoms with Crippen LogP contribution in [-0.2, 0) is 11.3 Å². The molecule has 1 aliphatic heterocycles. The minimum absolute atomic E-state index is 0.232. The summed E-state index contributed by atoms with van der Waals surface area (Å²) in [6, 6.07) is 8.68. The fraction of sp³-hybridized carbons (Fsp3) is 0.600. The molecule has 1 atom stereocenters. The van der Waals surface area contributed by atoms with Crippen LogP contribution in [0, 0.1) is 0 Å². The van der Waals surface area contributed by atoms with Crippen molar-refractivity contribution in [1.29, 1.82) is 0 Å². The Bertz CT molecular complexity index is 394. The first-order valence-corrected chi connectivity index (χ1v) is 6.75. The average molecular weight is 248 g/mol. The molecular formula is C15H24N2O. The summed E-state index contributed by atoms with van der Waals surface area (Å²) in [5.41, 5.74) is 2.78. The maximum Gasteiger partial charge on any atom is 0.0713 e. The second kappa shape index (κ2) is 5.72. The van der Waals surface area contributed by atoms with E-state index in [1.54, 1.807) is 7.11 Å². The smallest absolute Gasteiger partial charge is 0.0713 e. The van der Waals surface area contributed by atoms with E-state index in [1.165, 1.54) is 11.3 Å². The summed E-state index contributed by atoms with van der Waals surface area (Å²) in [6.45, 7) is 8.44. The van der Waals surface area contributed by atoms with E-state index in [0.29, 0.717) is 6.61 Å². The SMILES string of the molecule is CCC1(C)CN(c2cccc(COC)c2)CCN1. The van der Waals surface area contributed by atoms with Crippen molar-refractivity contribution in [2.45, 2.75) is 32.4 Å². The van der Waals surface area contributed by atoms with Crippen molar-refractivity contribution in [1.82, 2.24) is 5.32 Å². The predicted octanol–water partition coefficient (Wildman–Crippen LogP) is 2.41. The van der Waals surface area contributed by atoms with Crippen molar-refractivity contribution >= 4 is 5.69 Å². The molecule has 1 unspecified atom stereocenters. The van der Waals surface area contributed by atoms with E-state index >= 15 is 0 Å². The van der Waals surface area contributed by atoms with Crippen LogP contribution in [0.25, 0.3) is 0 Å². The van der Waals surface area contributed by atoms with Gasteiger partial charge in [-0.2, -0.15) is 0 Å². The molecule has 0 amide bonds. The number of benzene rings is 1. The molecule has 0 aromatic heterocycles. The van der Waals surface area contributed by atoms with E-state index in [-0.39, 0.29) is 5.54 Å². The monoisotopic (exact) mass is 248 g/mol. The maximum absolute atomic E-state index is 5.20. The number of hydrogen-bond acceptors (Lipinski definition) is 3. The van der Waals surface area contributed by atoms with Crippen LogP contribution in [0.15, 0.2) is 24.3 Å². The molecule has 1 heterocycles. The van der Waals surface area contributed by atoms with Gasteiger partial charge in [-0.25, -0.2) is 0 Å². The highest BCUT2D eigenvalue weighted by atomic mass is 16.5. The molecule has 0 radical (unpaired) electrons. The fourth-order valence-corrected chi connectivity index (χ4v) is 2.52. The predicted molar refractivity (Wildman–Crippen MR) is 76.1 cm³/mol. The van der Waals surface area contributed by atoms with Gasteiger partial charge in [0, 0.05) is 38.0 Å². The Kier molecular flexibility index (Phi) is 4.25. The van der Waals surface area contributed by atoms with Crippen LogP contribution in [0.5, 0.6) is 0 Å². The summed E-state index contributed by atoms with van der Waals surface area (Å²) >= 11 is 0. The van der Waals surface area contributed by atoms with Crippen LogP contribution < -0.4 is 10.2 Å². The highest BCUT2D eigenvalue weighted by molar-refractivity contribution is 5.49. The molecule has 0 aliphatic carbocycles. The van der Waals surface area contributed by atoms with Crippen molar-refractivity contribution < 1.29 is 4.74 Å². The highest BCUT2D eigenvalue weighted by Gasteiger charge is 2.28. The molecule has 0 spiro atoms. The van der Waals surface area contributed by atoms with E-state index in [1.807, 2.05) is 0 Å². The summed E-state index contributed by atoms with van der Waals surface area (Å²) in [7, 11) is 1.74. The van der Waals surface area contributed by atoms with E-state index in [0.717, 1.165) is 26.1 Å². The number of hydrogen-bond donors (Lipinski definition) is 1. The number of nitrogens with zero attached hydrogens (tertiary/aromatic N) is 1. The Morgan fingerprint density at radius 2 is 2.28 bits per heavy atom. The Morgan fingerprint density at radius 3 is 3.00 bits per heavy atom. The van der Waals surface area contributed by atoms with Crippen LogP contribution in [0.4, 0.5) is 5.69 Å². The lowest BCUT2D eigenvalue weighted by atomic mass is 9.95. The minimum Gasteiger partial charge on any atom is -0.380 e. The summed E-state index contributed by atoms with van der Waals surface area (Å²) in [4.78, 5) is 2.47.